The van der Waals surface area contributed by atoms with Crippen LogP contribution in [0.15, 0.2) is 24.6 Å². The van der Waals surface area contributed by atoms with Gasteiger partial charge in [0, 0.05) is 26.2 Å². The summed E-state index contributed by atoms with van der Waals surface area (Å²) in [6.07, 6.45) is 11.3. The molecule has 1 aliphatic heterocycles. The lowest BCUT2D eigenvalue weighted by Gasteiger charge is -2.26. The monoisotopic (exact) mass is 282 g/mol. The van der Waals surface area contributed by atoms with E-state index in [1.807, 2.05) is 6.08 Å². The predicted molar refractivity (Wildman–Crippen MR) is 85.1 cm³/mol. The zero-order valence-electron chi connectivity index (χ0n) is 13.3. The summed E-state index contributed by atoms with van der Waals surface area (Å²) in [6.45, 7) is 12.0. The van der Waals surface area contributed by atoms with E-state index in [0.29, 0.717) is 0 Å². The molecule has 1 heterocycles. The maximum atomic E-state index is 12.6. The number of hydrogen-bond acceptors (Lipinski definition) is 2. The lowest BCUT2D eigenvalue weighted by molar-refractivity contribution is 0.0780. The van der Waals surface area contributed by atoms with Crippen LogP contribution in [0.3, 0.4) is 0 Å². The van der Waals surface area contributed by atoms with E-state index in [2.05, 4.69) is 30.4 Å². The van der Waals surface area contributed by atoms with Gasteiger partial charge in [-0.25, -0.2) is 14.4 Å². The van der Waals surface area contributed by atoms with E-state index in [0.717, 1.165) is 32.1 Å². The molecule has 1 fully saturated rings. The molecule has 0 aromatic carbocycles. The van der Waals surface area contributed by atoms with E-state index in [1.165, 1.54) is 44.6 Å². The quantitative estimate of drug-likeness (QED) is 0.294. The van der Waals surface area contributed by atoms with Gasteiger partial charge in [-0.15, -0.1) is 0 Å². The Kier molecular flexibility index (Phi) is 8.79. The van der Waals surface area contributed by atoms with Crippen molar-refractivity contribution in [2.45, 2.75) is 52.4 Å². The first-order valence-corrected chi connectivity index (χ1v) is 8.18. The Balaban J connectivity index is 2.32. The Morgan fingerprint density at radius 1 is 1.30 bits per heavy atom. The molecular formula is C17H31FN2. The van der Waals surface area contributed by atoms with Crippen LogP contribution in [0.2, 0.25) is 0 Å². The SMILES string of the molecule is C=C(F)C=CCN(CC(CC)CCCCCC)N1CC1. The Bertz CT molecular complexity index is 297. The molecule has 1 unspecified atom stereocenters. The number of halogens is 1. The van der Waals surface area contributed by atoms with Gasteiger partial charge < -0.3 is 0 Å². The van der Waals surface area contributed by atoms with Crippen molar-refractivity contribution in [3.05, 3.63) is 24.6 Å². The second kappa shape index (κ2) is 10.1. The van der Waals surface area contributed by atoms with Gasteiger partial charge in [0.05, 0.1) is 0 Å². The number of rotatable bonds is 12. The van der Waals surface area contributed by atoms with Gasteiger partial charge in [-0.05, 0) is 18.4 Å². The summed E-state index contributed by atoms with van der Waals surface area (Å²) in [5, 5.41) is 4.72. The molecule has 0 aromatic heterocycles. The van der Waals surface area contributed by atoms with Crippen molar-refractivity contribution in [2.75, 3.05) is 26.2 Å². The number of unbranched alkanes of at least 4 members (excludes halogenated alkanes) is 3. The maximum Gasteiger partial charge on any atom is 0.115 e. The largest absolute Gasteiger partial charge is 0.239 e. The third-order valence-corrected chi connectivity index (χ3v) is 3.95. The third-order valence-electron chi connectivity index (χ3n) is 3.95. The van der Waals surface area contributed by atoms with Crippen LogP contribution in [0.5, 0.6) is 0 Å². The van der Waals surface area contributed by atoms with Crippen molar-refractivity contribution in [1.82, 2.24) is 10.0 Å². The van der Waals surface area contributed by atoms with Crippen LogP contribution in [-0.4, -0.2) is 36.2 Å². The van der Waals surface area contributed by atoms with Crippen LogP contribution in [0, 0.1) is 5.92 Å². The Hall–Kier alpha value is -0.670. The molecule has 116 valence electrons. The fourth-order valence-corrected chi connectivity index (χ4v) is 2.52. The number of allylic oxidation sites excluding steroid dienone is 2. The fourth-order valence-electron chi connectivity index (χ4n) is 2.52. The molecule has 0 radical (unpaired) electrons. The van der Waals surface area contributed by atoms with Crippen LogP contribution in [-0.2, 0) is 0 Å². The molecule has 1 rings (SSSR count). The first-order chi connectivity index (χ1) is 9.67. The van der Waals surface area contributed by atoms with Gasteiger partial charge in [-0.3, -0.25) is 0 Å². The third kappa shape index (κ3) is 7.81. The molecule has 1 atom stereocenters. The number of hydrazine groups is 1. The van der Waals surface area contributed by atoms with E-state index in [1.54, 1.807) is 0 Å². The molecule has 0 N–H and O–H groups in total. The topological polar surface area (TPSA) is 6.25 Å². The van der Waals surface area contributed by atoms with E-state index >= 15 is 0 Å². The fraction of sp³-hybridized carbons (Fsp3) is 0.765. The van der Waals surface area contributed by atoms with Crippen LogP contribution in [0.1, 0.15) is 52.4 Å². The second-order valence-electron chi connectivity index (χ2n) is 5.80. The molecule has 1 aliphatic rings. The van der Waals surface area contributed by atoms with Crippen molar-refractivity contribution in [2.24, 2.45) is 5.92 Å². The van der Waals surface area contributed by atoms with Gasteiger partial charge in [-0.2, -0.15) is 0 Å². The van der Waals surface area contributed by atoms with Gasteiger partial charge in [0.2, 0.25) is 0 Å². The highest BCUT2D eigenvalue weighted by atomic mass is 19.1. The molecule has 0 spiro atoms. The van der Waals surface area contributed by atoms with E-state index in [-0.39, 0.29) is 5.83 Å². The summed E-state index contributed by atoms with van der Waals surface area (Å²) in [4.78, 5) is 0. The van der Waals surface area contributed by atoms with Crippen LogP contribution >= 0.6 is 0 Å². The summed E-state index contributed by atoms with van der Waals surface area (Å²) in [6, 6.07) is 0. The van der Waals surface area contributed by atoms with Crippen LogP contribution in [0.4, 0.5) is 4.39 Å². The van der Waals surface area contributed by atoms with E-state index in [4.69, 9.17) is 0 Å². The first-order valence-electron chi connectivity index (χ1n) is 8.18. The molecular weight excluding hydrogens is 251 g/mol. The van der Waals surface area contributed by atoms with Gasteiger partial charge in [0.25, 0.3) is 0 Å². The average Bonchev–Trinajstić information content (AvgIpc) is 3.24. The van der Waals surface area contributed by atoms with Crippen molar-refractivity contribution in [3.8, 4) is 0 Å². The molecule has 0 saturated carbocycles. The minimum atomic E-state index is -0.359. The molecule has 0 amide bonds. The Morgan fingerprint density at radius 3 is 2.60 bits per heavy atom. The van der Waals surface area contributed by atoms with Gasteiger partial charge in [0.1, 0.15) is 5.83 Å². The Labute approximate surface area is 124 Å². The van der Waals surface area contributed by atoms with Crippen LogP contribution in [0.25, 0.3) is 0 Å². The maximum absolute atomic E-state index is 12.6. The van der Waals surface area contributed by atoms with E-state index in [9.17, 15) is 4.39 Å². The predicted octanol–water partition coefficient (Wildman–Crippen LogP) is 4.56. The van der Waals surface area contributed by atoms with Crippen molar-refractivity contribution in [3.63, 3.8) is 0 Å². The zero-order chi connectivity index (χ0) is 14.8. The lowest BCUT2D eigenvalue weighted by atomic mass is 9.98. The summed E-state index contributed by atoms with van der Waals surface area (Å²) >= 11 is 0. The molecule has 0 aliphatic carbocycles. The standard InChI is InChI=1S/C17H31FN2/c1-4-6-7-8-11-17(5-2)15-20(19-13-14-19)12-9-10-16(3)18/h9-10,17H,3-8,11-15H2,1-2H3. The molecule has 0 bridgehead atoms. The smallest absolute Gasteiger partial charge is 0.115 e. The molecule has 2 nitrogen and oxygen atoms in total. The molecule has 3 heteroatoms. The first kappa shape index (κ1) is 17.4. The van der Waals surface area contributed by atoms with Gasteiger partial charge in [0.15, 0.2) is 0 Å². The number of nitrogens with zero attached hydrogens (tertiary/aromatic N) is 2. The second-order valence-corrected chi connectivity index (χ2v) is 5.80. The molecule has 20 heavy (non-hydrogen) atoms. The van der Waals surface area contributed by atoms with Crippen molar-refractivity contribution < 1.29 is 4.39 Å². The van der Waals surface area contributed by atoms with Crippen molar-refractivity contribution >= 4 is 0 Å². The van der Waals surface area contributed by atoms with Crippen molar-refractivity contribution in [1.29, 1.82) is 0 Å². The highest BCUT2D eigenvalue weighted by Crippen LogP contribution is 2.19. The summed E-state index contributed by atoms with van der Waals surface area (Å²) in [5.41, 5.74) is 0. The molecule has 1 saturated heterocycles. The lowest BCUT2D eigenvalue weighted by Crippen LogP contribution is -2.34. The van der Waals surface area contributed by atoms with E-state index < -0.39 is 0 Å². The molecule has 0 aromatic rings. The summed E-state index contributed by atoms with van der Waals surface area (Å²) in [5.74, 6) is 0.400. The summed E-state index contributed by atoms with van der Waals surface area (Å²) < 4.78 is 12.6. The summed E-state index contributed by atoms with van der Waals surface area (Å²) in [7, 11) is 0. The number of hydrogen-bond donors (Lipinski definition) is 0. The Morgan fingerprint density at radius 2 is 2.05 bits per heavy atom. The average molecular weight is 282 g/mol. The van der Waals surface area contributed by atoms with Gasteiger partial charge >= 0.3 is 0 Å². The zero-order valence-corrected chi connectivity index (χ0v) is 13.3. The highest BCUT2D eigenvalue weighted by Gasteiger charge is 2.26. The minimum Gasteiger partial charge on any atom is -0.239 e. The van der Waals surface area contributed by atoms with Crippen LogP contribution < -0.4 is 0 Å². The highest BCUT2D eigenvalue weighted by molar-refractivity contribution is 5.06. The normalized spacial score (nSPS) is 17.0. The van der Waals surface area contributed by atoms with Gasteiger partial charge in [-0.1, -0.05) is 58.6 Å². The minimum absolute atomic E-state index is 0.359.